The lowest BCUT2D eigenvalue weighted by atomic mass is 9.93. The van der Waals surface area contributed by atoms with Crippen LogP contribution in [0.15, 0.2) is 109 Å². The van der Waals surface area contributed by atoms with E-state index >= 15 is 0 Å². The van der Waals surface area contributed by atoms with Gasteiger partial charge < -0.3 is 15.4 Å². The van der Waals surface area contributed by atoms with Gasteiger partial charge >= 0.3 is 6.09 Å². The second-order valence-corrected chi connectivity index (χ2v) is 9.57. The van der Waals surface area contributed by atoms with Gasteiger partial charge in [0.1, 0.15) is 6.61 Å². The number of alkyl carbamates (subject to hydrolysis) is 1. The number of rotatable bonds is 8. The lowest BCUT2D eigenvalue weighted by Crippen LogP contribution is -2.41. The molecule has 0 saturated heterocycles. The van der Waals surface area contributed by atoms with Crippen LogP contribution >= 0.6 is 0 Å². The highest BCUT2D eigenvalue weighted by Gasteiger charge is 2.31. The van der Waals surface area contributed by atoms with Crippen LogP contribution in [0.3, 0.4) is 0 Å². The van der Waals surface area contributed by atoms with Gasteiger partial charge in [-0.3, -0.25) is 0 Å². The first-order valence-corrected chi connectivity index (χ1v) is 12.6. The average Bonchev–Trinajstić information content (AvgIpc) is 3.24. The quantitative estimate of drug-likeness (QED) is 0.288. The molecule has 4 aromatic carbocycles. The zero-order valence-electron chi connectivity index (χ0n) is 20.7. The van der Waals surface area contributed by atoms with Crippen LogP contribution in [0.5, 0.6) is 0 Å². The highest BCUT2D eigenvalue weighted by atomic mass is 16.5. The fraction of sp³-hybridized carbons (Fsp3) is 0.219. The van der Waals surface area contributed by atoms with Crippen molar-refractivity contribution in [3.05, 3.63) is 131 Å². The Labute approximate surface area is 213 Å². The molecule has 1 aliphatic carbocycles. The largest absolute Gasteiger partial charge is 0.449 e. The van der Waals surface area contributed by atoms with Gasteiger partial charge in [0, 0.05) is 12.0 Å². The van der Waals surface area contributed by atoms with E-state index in [4.69, 9.17) is 4.74 Å². The summed E-state index contributed by atoms with van der Waals surface area (Å²) in [4.78, 5) is 13.3. The molecule has 0 fully saturated rings. The highest BCUT2D eigenvalue weighted by Crippen LogP contribution is 2.44. The van der Waals surface area contributed by atoms with Crippen molar-refractivity contribution in [1.29, 1.82) is 0 Å². The molecule has 2 atom stereocenters. The van der Waals surface area contributed by atoms with E-state index < -0.39 is 6.09 Å². The highest BCUT2D eigenvalue weighted by molar-refractivity contribution is 5.79. The van der Waals surface area contributed by atoms with Crippen molar-refractivity contribution in [2.75, 3.05) is 6.61 Å². The van der Waals surface area contributed by atoms with Crippen molar-refractivity contribution in [2.45, 2.75) is 37.9 Å². The van der Waals surface area contributed by atoms with Crippen LogP contribution < -0.4 is 10.6 Å². The molecule has 0 heterocycles. The standard InChI is InChI=1S/C32H32N2O2/c1-22(2)33-30(23-13-5-3-6-14-23)31(24-15-7-4-8-16-24)34-32(35)36-21-29-27-19-11-9-17-25(27)26-18-10-12-20-28(26)29/h3-20,22,29-31,33H,21H2,1-2H3,(H,34,35)/t30-,31+/m1/s1. The number of hydrogen-bond acceptors (Lipinski definition) is 3. The fourth-order valence-corrected chi connectivity index (χ4v) is 5.19. The van der Waals surface area contributed by atoms with Gasteiger partial charge in [-0.15, -0.1) is 0 Å². The lowest BCUT2D eigenvalue weighted by molar-refractivity contribution is 0.136. The van der Waals surface area contributed by atoms with E-state index in [2.05, 4.69) is 73.0 Å². The maximum Gasteiger partial charge on any atom is 0.407 e. The first kappa shape index (κ1) is 23.8. The smallest absolute Gasteiger partial charge is 0.407 e. The van der Waals surface area contributed by atoms with Crippen LogP contribution in [0.4, 0.5) is 4.79 Å². The Balaban J connectivity index is 1.38. The minimum absolute atomic E-state index is 0.0250. The summed E-state index contributed by atoms with van der Waals surface area (Å²) in [6.45, 7) is 4.52. The number of fused-ring (bicyclic) bond motifs is 3. The summed E-state index contributed by atoms with van der Waals surface area (Å²) in [6, 6.07) is 36.9. The summed E-state index contributed by atoms with van der Waals surface area (Å²) in [7, 11) is 0. The van der Waals surface area contributed by atoms with Gasteiger partial charge in [-0.25, -0.2) is 4.79 Å². The Morgan fingerprint density at radius 2 is 1.17 bits per heavy atom. The summed E-state index contributed by atoms with van der Waals surface area (Å²) in [5, 5.41) is 6.84. The van der Waals surface area contributed by atoms with Crippen molar-refractivity contribution < 1.29 is 9.53 Å². The first-order chi connectivity index (χ1) is 17.6. The molecule has 0 bridgehead atoms. The summed E-state index contributed by atoms with van der Waals surface area (Å²) in [6.07, 6.45) is -0.419. The van der Waals surface area contributed by atoms with Crippen LogP contribution in [0.25, 0.3) is 11.1 Å². The Morgan fingerprint density at radius 1 is 0.694 bits per heavy atom. The molecule has 0 spiro atoms. The Bertz CT molecular complexity index is 1260. The van der Waals surface area contributed by atoms with Crippen molar-refractivity contribution in [3.8, 4) is 11.1 Å². The second kappa shape index (κ2) is 10.8. The molecule has 36 heavy (non-hydrogen) atoms. The zero-order valence-corrected chi connectivity index (χ0v) is 20.7. The Kier molecular flexibility index (Phi) is 7.15. The van der Waals surface area contributed by atoms with E-state index in [1.54, 1.807) is 0 Å². The third-order valence-electron chi connectivity index (χ3n) is 6.78. The van der Waals surface area contributed by atoms with Crippen LogP contribution in [0.1, 0.15) is 54.1 Å². The van der Waals surface area contributed by atoms with Crippen molar-refractivity contribution in [1.82, 2.24) is 10.6 Å². The molecule has 0 saturated carbocycles. The molecule has 182 valence electrons. The number of carbonyl (C=O) groups is 1. The first-order valence-electron chi connectivity index (χ1n) is 12.6. The van der Waals surface area contributed by atoms with Gasteiger partial charge in [-0.2, -0.15) is 0 Å². The van der Waals surface area contributed by atoms with E-state index in [1.807, 2.05) is 60.7 Å². The van der Waals surface area contributed by atoms with Gasteiger partial charge in [0.15, 0.2) is 0 Å². The van der Waals surface area contributed by atoms with Crippen LogP contribution in [0.2, 0.25) is 0 Å². The van der Waals surface area contributed by atoms with Gasteiger partial charge in [-0.05, 0) is 33.4 Å². The van der Waals surface area contributed by atoms with Gasteiger partial charge in [0.05, 0.1) is 12.1 Å². The summed E-state index contributed by atoms with van der Waals surface area (Å²) in [5.41, 5.74) is 6.97. The number of carbonyl (C=O) groups excluding carboxylic acids is 1. The third-order valence-corrected chi connectivity index (χ3v) is 6.78. The molecule has 0 aliphatic heterocycles. The molecule has 0 radical (unpaired) electrons. The molecule has 0 aromatic heterocycles. The summed E-state index contributed by atoms with van der Waals surface area (Å²) in [5.74, 6) is 0.0250. The van der Waals surface area contributed by atoms with Gasteiger partial charge in [0.2, 0.25) is 0 Å². The molecule has 4 aromatic rings. The molecular weight excluding hydrogens is 444 g/mol. The van der Waals surface area contributed by atoms with Crippen LogP contribution in [-0.4, -0.2) is 18.7 Å². The summed E-state index contributed by atoms with van der Waals surface area (Å²) < 4.78 is 5.90. The second-order valence-electron chi connectivity index (χ2n) is 9.57. The number of hydrogen-bond donors (Lipinski definition) is 2. The van der Waals surface area contributed by atoms with E-state index in [0.29, 0.717) is 0 Å². The van der Waals surface area contributed by atoms with E-state index in [0.717, 1.165) is 11.1 Å². The molecule has 0 unspecified atom stereocenters. The molecular formula is C32H32N2O2. The summed E-state index contributed by atoms with van der Waals surface area (Å²) >= 11 is 0. The topological polar surface area (TPSA) is 50.4 Å². The molecule has 2 N–H and O–H groups in total. The molecule has 4 nitrogen and oxygen atoms in total. The molecule has 5 rings (SSSR count). The minimum atomic E-state index is -0.419. The van der Waals surface area contributed by atoms with E-state index in [1.165, 1.54) is 22.3 Å². The van der Waals surface area contributed by atoms with Crippen molar-refractivity contribution in [3.63, 3.8) is 0 Å². The number of ether oxygens (including phenoxy) is 1. The number of benzene rings is 4. The van der Waals surface area contributed by atoms with Crippen LogP contribution in [0, 0.1) is 0 Å². The Hall–Kier alpha value is -3.89. The zero-order chi connectivity index (χ0) is 24.9. The number of nitrogens with one attached hydrogen (secondary N) is 2. The maximum atomic E-state index is 13.3. The fourth-order valence-electron chi connectivity index (χ4n) is 5.19. The SMILES string of the molecule is CC(C)N[C@H](c1ccccc1)[C@@H](NC(=O)OCC1c2ccccc2-c2ccccc21)c1ccccc1. The van der Waals surface area contributed by atoms with Crippen molar-refractivity contribution >= 4 is 6.09 Å². The number of amides is 1. The van der Waals surface area contributed by atoms with Gasteiger partial charge in [-0.1, -0.05) is 123 Å². The molecule has 1 amide bonds. The predicted molar refractivity (Wildman–Crippen MR) is 145 cm³/mol. The Morgan fingerprint density at radius 3 is 1.69 bits per heavy atom. The maximum absolute atomic E-state index is 13.3. The van der Waals surface area contributed by atoms with Crippen LogP contribution in [-0.2, 0) is 4.74 Å². The third kappa shape index (κ3) is 5.05. The minimum Gasteiger partial charge on any atom is -0.449 e. The lowest BCUT2D eigenvalue weighted by Gasteiger charge is -2.31. The predicted octanol–water partition coefficient (Wildman–Crippen LogP) is 7.01. The monoisotopic (exact) mass is 476 g/mol. The average molecular weight is 477 g/mol. The van der Waals surface area contributed by atoms with E-state index in [9.17, 15) is 4.79 Å². The van der Waals surface area contributed by atoms with Crippen molar-refractivity contribution in [2.24, 2.45) is 0 Å². The normalized spacial score (nSPS) is 14.1. The van der Waals surface area contributed by atoms with E-state index in [-0.39, 0.29) is 30.7 Å². The van der Waals surface area contributed by atoms with Gasteiger partial charge in [0.25, 0.3) is 0 Å². The molecule has 1 aliphatic rings. The molecule has 4 heteroatoms.